The molecular weight excluding hydrogens is 278 g/mol. The topological polar surface area (TPSA) is 64.0 Å². The van der Waals surface area contributed by atoms with Gasteiger partial charge in [0.15, 0.2) is 0 Å². The van der Waals surface area contributed by atoms with Crippen LogP contribution in [0.2, 0.25) is 0 Å². The minimum Gasteiger partial charge on any atom is -0.295 e. The Morgan fingerprint density at radius 1 is 1.32 bits per heavy atom. The highest BCUT2D eigenvalue weighted by atomic mass is 16.2. The van der Waals surface area contributed by atoms with Crippen molar-refractivity contribution in [3.05, 3.63) is 16.8 Å². The largest absolute Gasteiger partial charge is 0.295 e. The van der Waals surface area contributed by atoms with E-state index >= 15 is 0 Å². The lowest BCUT2D eigenvalue weighted by molar-refractivity contribution is -0.136. The van der Waals surface area contributed by atoms with Crippen LogP contribution in [0.1, 0.15) is 65.8 Å². The highest BCUT2D eigenvalue weighted by Crippen LogP contribution is 2.15. The summed E-state index contributed by atoms with van der Waals surface area (Å²) in [5, 5.41) is 8.81. The van der Waals surface area contributed by atoms with Crippen LogP contribution in [0, 0.1) is 0 Å². The highest BCUT2D eigenvalue weighted by molar-refractivity contribution is 5.99. The number of unbranched alkanes of at least 4 members (excludes halogenated alkanes) is 1. The van der Waals surface area contributed by atoms with Crippen LogP contribution in [-0.4, -0.2) is 21.6 Å². The Hall–Kier alpha value is -1.91. The zero-order valence-corrected chi connectivity index (χ0v) is 14.1. The number of carbonyl (C=O) groups excluding carboxylic acids is 2. The predicted octanol–water partition coefficient (Wildman–Crippen LogP) is 1.66. The average Bonchev–Trinajstić information content (AvgIpc) is 2.90. The zero-order valence-electron chi connectivity index (χ0n) is 14.1. The summed E-state index contributed by atoms with van der Waals surface area (Å²) in [5.74, 6) is -0.448. The van der Waals surface area contributed by atoms with Crippen molar-refractivity contribution in [3.63, 3.8) is 0 Å². The van der Waals surface area contributed by atoms with Gasteiger partial charge in [-0.25, -0.2) is 0 Å². The number of aromatic nitrogens is 2. The molecule has 1 aliphatic rings. The molecule has 0 bridgehead atoms. The molecule has 0 saturated carbocycles. The molecule has 0 aromatic carbocycles. The van der Waals surface area contributed by atoms with Crippen LogP contribution in [-0.2, 0) is 9.59 Å². The van der Waals surface area contributed by atoms with Crippen molar-refractivity contribution >= 4 is 24.0 Å². The van der Waals surface area contributed by atoms with Gasteiger partial charge in [0.05, 0.1) is 11.5 Å². The first kappa shape index (κ1) is 18.1. The standard InChI is InChI=1S/C15H21N3O2.C2H6/c1-3-5-7-12-11(6-4-2)10-16-18(12)13-8-9-14(19)17-15(13)20;1-2/h6-7,10,13H,3-5,8-9H2,1-2H3,(H,17,19,20);1-2H3/b11-6-,12-7+;. The molecular formula is C17H27N3O2. The number of hydrogen-bond acceptors (Lipinski definition) is 3. The van der Waals surface area contributed by atoms with E-state index in [1.54, 1.807) is 10.9 Å². The van der Waals surface area contributed by atoms with Gasteiger partial charge in [-0.2, -0.15) is 5.10 Å². The lowest BCUT2D eigenvalue weighted by Crippen LogP contribution is -2.45. The van der Waals surface area contributed by atoms with E-state index < -0.39 is 0 Å². The Labute approximate surface area is 132 Å². The highest BCUT2D eigenvalue weighted by Gasteiger charge is 2.28. The maximum absolute atomic E-state index is 12.0. The number of piperidine rings is 1. The predicted molar refractivity (Wildman–Crippen MR) is 88.4 cm³/mol. The van der Waals surface area contributed by atoms with Crippen molar-refractivity contribution in [1.82, 2.24) is 15.1 Å². The van der Waals surface area contributed by atoms with Crippen molar-refractivity contribution in [1.29, 1.82) is 0 Å². The second kappa shape index (κ2) is 9.18. The van der Waals surface area contributed by atoms with E-state index in [0.717, 1.165) is 29.8 Å². The van der Waals surface area contributed by atoms with Crippen LogP contribution in [0.15, 0.2) is 6.20 Å². The van der Waals surface area contributed by atoms with Crippen LogP contribution < -0.4 is 15.9 Å². The Morgan fingerprint density at radius 3 is 2.64 bits per heavy atom. The Morgan fingerprint density at radius 2 is 2.05 bits per heavy atom. The molecule has 1 atom stereocenters. The maximum Gasteiger partial charge on any atom is 0.251 e. The van der Waals surface area contributed by atoms with Gasteiger partial charge in [0.1, 0.15) is 6.04 Å². The SMILES string of the molecule is CC.CC/C=c1/cnn(C2CCC(=O)NC2=O)/c1=C/CCC. The third kappa shape index (κ3) is 4.29. The third-order valence-electron chi connectivity index (χ3n) is 3.42. The molecule has 5 heteroatoms. The van der Waals surface area contributed by atoms with Gasteiger partial charge in [-0.15, -0.1) is 0 Å². The fraction of sp³-hybridized carbons (Fsp3) is 0.588. The number of nitrogens with one attached hydrogen (secondary N) is 1. The lowest BCUT2D eigenvalue weighted by atomic mass is 10.1. The normalized spacial score (nSPS) is 19.7. The second-order valence-corrected chi connectivity index (χ2v) is 5.00. The molecule has 0 spiro atoms. The summed E-state index contributed by atoms with van der Waals surface area (Å²) in [4.78, 5) is 23.2. The molecule has 0 radical (unpaired) electrons. The average molecular weight is 305 g/mol. The van der Waals surface area contributed by atoms with Crippen LogP contribution in [0.3, 0.4) is 0 Å². The van der Waals surface area contributed by atoms with Crippen molar-refractivity contribution in [2.24, 2.45) is 0 Å². The first-order valence-electron chi connectivity index (χ1n) is 8.25. The number of amides is 2. The molecule has 1 aliphatic heterocycles. The van der Waals surface area contributed by atoms with Crippen molar-refractivity contribution in [3.8, 4) is 0 Å². The molecule has 2 rings (SSSR count). The fourth-order valence-electron chi connectivity index (χ4n) is 2.42. The molecule has 0 aliphatic carbocycles. The molecule has 122 valence electrons. The van der Waals surface area contributed by atoms with E-state index in [0.29, 0.717) is 12.8 Å². The quantitative estimate of drug-likeness (QED) is 0.861. The van der Waals surface area contributed by atoms with Crippen molar-refractivity contribution < 1.29 is 9.59 Å². The van der Waals surface area contributed by atoms with Gasteiger partial charge in [-0.3, -0.25) is 19.6 Å². The molecule has 1 fully saturated rings. The molecule has 1 N–H and O–H groups in total. The number of rotatable bonds is 4. The first-order valence-corrected chi connectivity index (χ1v) is 8.25. The summed E-state index contributed by atoms with van der Waals surface area (Å²) in [6.07, 6.45) is 9.84. The van der Waals surface area contributed by atoms with Crippen molar-refractivity contribution in [2.75, 3.05) is 0 Å². The van der Waals surface area contributed by atoms with E-state index in [2.05, 4.69) is 36.4 Å². The Balaban J connectivity index is 0.00000116. The molecule has 1 unspecified atom stereocenters. The van der Waals surface area contributed by atoms with Crippen LogP contribution in [0.4, 0.5) is 0 Å². The van der Waals surface area contributed by atoms with Crippen molar-refractivity contribution in [2.45, 2.75) is 65.8 Å². The second-order valence-electron chi connectivity index (χ2n) is 5.00. The Bertz CT molecular complexity index is 616. The molecule has 1 aromatic heterocycles. The zero-order chi connectivity index (χ0) is 16.5. The minimum atomic E-state index is -0.380. The van der Waals surface area contributed by atoms with Gasteiger partial charge in [0.2, 0.25) is 5.91 Å². The smallest absolute Gasteiger partial charge is 0.251 e. The maximum atomic E-state index is 12.0. The van der Waals surface area contributed by atoms with Gasteiger partial charge < -0.3 is 0 Å². The molecule has 1 saturated heterocycles. The number of carbonyl (C=O) groups is 2. The van der Waals surface area contributed by atoms with Crippen LogP contribution >= 0.6 is 0 Å². The van der Waals surface area contributed by atoms with Crippen LogP contribution in [0.25, 0.3) is 12.2 Å². The fourth-order valence-corrected chi connectivity index (χ4v) is 2.42. The summed E-state index contributed by atoms with van der Waals surface area (Å²) in [6, 6.07) is -0.380. The molecule has 5 nitrogen and oxygen atoms in total. The number of imide groups is 1. The van der Waals surface area contributed by atoms with Crippen LogP contribution in [0.5, 0.6) is 0 Å². The van der Waals surface area contributed by atoms with Gasteiger partial charge in [0.25, 0.3) is 5.91 Å². The van der Waals surface area contributed by atoms with E-state index in [1.165, 1.54) is 0 Å². The number of nitrogens with zero attached hydrogens (tertiary/aromatic N) is 2. The van der Waals surface area contributed by atoms with E-state index in [1.807, 2.05) is 13.8 Å². The monoisotopic (exact) mass is 305 g/mol. The summed E-state index contributed by atoms with van der Waals surface area (Å²) < 4.78 is 1.76. The molecule has 22 heavy (non-hydrogen) atoms. The van der Waals surface area contributed by atoms with E-state index in [-0.39, 0.29) is 17.9 Å². The van der Waals surface area contributed by atoms with Gasteiger partial charge >= 0.3 is 0 Å². The minimum absolute atomic E-state index is 0.196. The third-order valence-corrected chi connectivity index (χ3v) is 3.42. The molecule has 1 aromatic rings. The summed E-state index contributed by atoms with van der Waals surface area (Å²) >= 11 is 0. The van der Waals surface area contributed by atoms with Gasteiger partial charge in [-0.05, 0) is 19.3 Å². The van der Waals surface area contributed by atoms with Gasteiger partial charge in [0, 0.05) is 11.6 Å². The summed E-state index contributed by atoms with van der Waals surface area (Å²) in [7, 11) is 0. The lowest BCUT2D eigenvalue weighted by Gasteiger charge is -2.21. The summed E-state index contributed by atoms with van der Waals surface area (Å²) in [6.45, 7) is 8.19. The number of hydrogen-bond donors (Lipinski definition) is 1. The van der Waals surface area contributed by atoms with E-state index in [9.17, 15) is 9.59 Å². The van der Waals surface area contributed by atoms with Gasteiger partial charge in [-0.1, -0.05) is 46.3 Å². The summed E-state index contributed by atoms with van der Waals surface area (Å²) in [5.41, 5.74) is 0. The molecule has 2 amide bonds. The first-order chi connectivity index (χ1) is 10.7. The van der Waals surface area contributed by atoms with E-state index in [4.69, 9.17) is 0 Å². The molecule has 2 heterocycles. The Kier molecular flexibility index (Phi) is 7.57.